The number of aliphatic hydroxyl groups is 1. The van der Waals surface area contributed by atoms with Gasteiger partial charge >= 0.3 is 0 Å². The second-order valence-electron chi connectivity index (χ2n) is 7.73. The molecular weight excluding hydrogens is 312 g/mol. The van der Waals surface area contributed by atoms with E-state index < -0.39 is 0 Å². The third-order valence-corrected chi connectivity index (χ3v) is 6.03. The average molecular weight is 347 g/mol. The lowest BCUT2D eigenvalue weighted by molar-refractivity contribution is 0.0222. The van der Waals surface area contributed by atoms with Crippen molar-refractivity contribution in [1.29, 1.82) is 0 Å². The van der Waals surface area contributed by atoms with Crippen LogP contribution >= 0.6 is 0 Å². The molecule has 1 aliphatic carbocycles. The third-order valence-electron chi connectivity index (χ3n) is 6.03. The fourth-order valence-electron chi connectivity index (χ4n) is 4.60. The van der Waals surface area contributed by atoms with Crippen LogP contribution in [0.1, 0.15) is 49.7 Å². The van der Waals surface area contributed by atoms with Crippen molar-refractivity contribution in [3.8, 4) is 5.75 Å². The lowest BCUT2D eigenvalue weighted by Crippen LogP contribution is -2.56. The van der Waals surface area contributed by atoms with Crippen LogP contribution in [0.2, 0.25) is 0 Å². The van der Waals surface area contributed by atoms with Crippen molar-refractivity contribution in [3.63, 3.8) is 0 Å². The standard InChI is InChI=1S/C21H34N2O2/c1-17-14-18(8-9-21(17)25-2)15-22-11-12-23(16-20(22)10-13-24)19-6-4-3-5-7-19/h8-9,14,19-20,24H,3-7,10-13,15-16H2,1-2H3/t20-/m0/s1. The third kappa shape index (κ3) is 4.75. The van der Waals surface area contributed by atoms with Crippen LogP contribution < -0.4 is 4.74 Å². The number of rotatable bonds is 6. The van der Waals surface area contributed by atoms with Crippen LogP contribution in [0.5, 0.6) is 5.75 Å². The van der Waals surface area contributed by atoms with E-state index in [9.17, 15) is 5.11 Å². The molecule has 1 heterocycles. The minimum absolute atomic E-state index is 0.279. The van der Waals surface area contributed by atoms with E-state index in [1.807, 2.05) is 0 Å². The van der Waals surface area contributed by atoms with Crippen LogP contribution in [0.4, 0.5) is 0 Å². The SMILES string of the molecule is COc1ccc(CN2CCN(C3CCCCC3)C[C@@H]2CCO)cc1C. The van der Waals surface area contributed by atoms with E-state index in [2.05, 4.69) is 34.9 Å². The van der Waals surface area contributed by atoms with E-state index in [1.54, 1.807) is 7.11 Å². The Balaban J connectivity index is 1.63. The van der Waals surface area contributed by atoms with Crippen molar-refractivity contribution in [2.45, 2.75) is 64.1 Å². The highest BCUT2D eigenvalue weighted by Crippen LogP contribution is 2.27. The van der Waals surface area contributed by atoms with E-state index in [4.69, 9.17) is 4.74 Å². The zero-order chi connectivity index (χ0) is 17.6. The predicted octanol–water partition coefficient (Wildman–Crippen LogP) is 3.20. The largest absolute Gasteiger partial charge is 0.496 e. The summed E-state index contributed by atoms with van der Waals surface area (Å²) in [7, 11) is 1.73. The molecular formula is C21H34N2O2. The van der Waals surface area contributed by atoms with Crippen LogP contribution in [0, 0.1) is 6.92 Å². The number of nitrogens with zero attached hydrogens (tertiary/aromatic N) is 2. The molecule has 0 aromatic heterocycles. The minimum atomic E-state index is 0.279. The Bertz CT molecular complexity index is 543. The Hall–Kier alpha value is -1.10. The maximum atomic E-state index is 9.55. The first-order chi connectivity index (χ1) is 12.2. The van der Waals surface area contributed by atoms with Gasteiger partial charge in [-0.2, -0.15) is 0 Å². The van der Waals surface area contributed by atoms with Crippen LogP contribution in [0.15, 0.2) is 18.2 Å². The summed E-state index contributed by atoms with van der Waals surface area (Å²) >= 11 is 0. The number of aryl methyl sites for hydroxylation is 1. The van der Waals surface area contributed by atoms with E-state index in [1.165, 1.54) is 49.8 Å². The van der Waals surface area contributed by atoms with Gasteiger partial charge in [-0.1, -0.05) is 31.4 Å². The molecule has 1 atom stereocenters. The van der Waals surface area contributed by atoms with Gasteiger partial charge in [0.25, 0.3) is 0 Å². The molecule has 1 aromatic rings. The van der Waals surface area contributed by atoms with Gasteiger partial charge in [0.05, 0.1) is 7.11 Å². The summed E-state index contributed by atoms with van der Waals surface area (Å²) in [6.45, 7) is 6.73. The van der Waals surface area contributed by atoms with Crippen LogP contribution in [0.25, 0.3) is 0 Å². The molecule has 1 saturated heterocycles. The molecule has 0 spiro atoms. The van der Waals surface area contributed by atoms with Gasteiger partial charge < -0.3 is 9.84 Å². The Morgan fingerprint density at radius 1 is 1.16 bits per heavy atom. The molecule has 2 fully saturated rings. The zero-order valence-corrected chi connectivity index (χ0v) is 15.9. The maximum Gasteiger partial charge on any atom is 0.121 e. The molecule has 1 aromatic carbocycles. The number of aliphatic hydroxyl groups excluding tert-OH is 1. The highest BCUT2D eigenvalue weighted by Gasteiger charge is 2.31. The van der Waals surface area contributed by atoms with Gasteiger partial charge in [-0.05, 0) is 43.4 Å². The number of hydrogen-bond donors (Lipinski definition) is 1. The molecule has 1 saturated carbocycles. The molecule has 25 heavy (non-hydrogen) atoms. The number of piperazine rings is 1. The van der Waals surface area contributed by atoms with Crippen LogP contribution in [0.3, 0.4) is 0 Å². The second kappa shape index (κ2) is 9.02. The smallest absolute Gasteiger partial charge is 0.121 e. The normalized spacial score (nSPS) is 23.7. The van der Waals surface area contributed by atoms with E-state index in [0.717, 1.165) is 37.8 Å². The first-order valence-electron chi connectivity index (χ1n) is 9.93. The fraction of sp³-hybridized carbons (Fsp3) is 0.714. The predicted molar refractivity (Wildman–Crippen MR) is 102 cm³/mol. The Labute approximate surface area is 152 Å². The average Bonchev–Trinajstić information content (AvgIpc) is 2.64. The van der Waals surface area contributed by atoms with Gasteiger partial charge in [0, 0.05) is 44.9 Å². The van der Waals surface area contributed by atoms with Gasteiger partial charge in [0.1, 0.15) is 5.75 Å². The number of ether oxygens (including phenoxy) is 1. The molecule has 1 aliphatic heterocycles. The Morgan fingerprint density at radius 2 is 1.96 bits per heavy atom. The molecule has 140 valence electrons. The summed E-state index contributed by atoms with van der Waals surface area (Å²) in [6.07, 6.45) is 7.79. The summed E-state index contributed by atoms with van der Waals surface area (Å²) < 4.78 is 5.38. The number of methoxy groups -OCH3 is 1. The van der Waals surface area contributed by atoms with Gasteiger partial charge in [0.15, 0.2) is 0 Å². The van der Waals surface area contributed by atoms with Crippen molar-refractivity contribution in [1.82, 2.24) is 9.80 Å². The molecule has 0 amide bonds. The van der Waals surface area contributed by atoms with Crippen molar-refractivity contribution >= 4 is 0 Å². The van der Waals surface area contributed by atoms with Crippen molar-refractivity contribution in [2.24, 2.45) is 0 Å². The van der Waals surface area contributed by atoms with Gasteiger partial charge in [-0.3, -0.25) is 9.80 Å². The lowest BCUT2D eigenvalue weighted by Gasteiger charge is -2.45. The fourth-order valence-corrected chi connectivity index (χ4v) is 4.60. The van der Waals surface area contributed by atoms with Crippen molar-refractivity contribution in [3.05, 3.63) is 29.3 Å². The van der Waals surface area contributed by atoms with E-state index >= 15 is 0 Å². The zero-order valence-electron chi connectivity index (χ0n) is 15.9. The first-order valence-corrected chi connectivity index (χ1v) is 9.93. The minimum Gasteiger partial charge on any atom is -0.496 e. The molecule has 3 rings (SSSR count). The quantitative estimate of drug-likeness (QED) is 0.858. The van der Waals surface area contributed by atoms with Crippen LogP contribution in [-0.2, 0) is 6.54 Å². The van der Waals surface area contributed by atoms with E-state index in [-0.39, 0.29) is 6.61 Å². The highest BCUT2D eigenvalue weighted by atomic mass is 16.5. The molecule has 2 aliphatic rings. The van der Waals surface area contributed by atoms with Gasteiger partial charge in [0.2, 0.25) is 0 Å². The highest BCUT2D eigenvalue weighted by molar-refractivity contribution is 5.36. The van der Waals surface area contributed by atoms with Crippen LogP contribution in [-0.4, -0.2) is 60.3 Å². The summed E-state index contributed by atoms with van der Waals surface area (Å²) in [5.74, 6) is 0.956. The topological polar surface area (TPSA) is 35.9 Å². The Kier molecular flexibility index (Phi) is 6.74. The number of benzene rings is 1. The second-order valence-corrected chi connectivity index (χ2v) is 7.73. The molecule has 0 unspecified atom stereocenters. The number of hydrogen-bond acceptors (Lipinski definition) is 4. The summed E-state index contributed by atoms with van der Waals surface area (Å²) in [5, 5.41) is 9.55. The lowest BCUT2D eigenvalue weighted by atomic mass is 9.92. The molecule has 0 radical (unpaired) electrons. The van der Waals surface area contributed by atoms with Gasteiger partial charge in [-0.25, -0.2) is 0 Å². The molecule has 1 N–H and O–H groups in total. The summed E-state index contributed by atoms with van der Waals surface area (Å²) in [4.78, 5) is 5.27. The molecule has 0 bridgehead atoms. The maximum absolute atomic E-state index is 9.55. The summed E-state index contributed by atoms with van der Waals surface area (Å²) in [5.41, 5.74) is 2.53. The summed E-state index contributed by atoms with van der Waals surface area (Å²) in [6, 6.07) is 7.73. The Morgan fingerprint density at radius 3 is 2.64 bits per heavy atom. The molecule has 4 heteroatoms. The first kappa shape index (κ1) is 18.7. The van der Waals surface area contributed by atoms with Crippen molar-refractivity contribution in [2.75, 3.05) is 33.4 Å². The monoisotopic (exact) mass is 346 g/mol. The molecule has 4 nitrogen and oxygen atoms in total. The van der Waals surface area contributed by atoms with Crippen molar-refractivity contribution < 1.29 is 9.84 Å². The van der Waals surface area contributed by atoms with Gasteiger partial charge in [-0.15, -0.1) is 0 Å². The van der Waals surface area contributed by atoms with E-state index in [0.29, 0.717) is 6.04 Å².